The maximum atomic E-state index is 11.0. The quantitative estimate of drug-likeness (QED) is 0.660. The average Bonchev–Trinajstić information content (AvgIpc) is 2.39. The number of carboxylic acid groups (broad SMARTS) is 1. The van der Waals surface area contributed by atoms with Gasteiger partial charge in [-0.2, -0.15) is 4.98 Å². The number of hydrogen-bond acceptors (Lipinski definition) is 6. The Bertz CT molecular complexity index is 417. The monoisotopic (exact) mass is 237 g/mol. The number of aromatic carboxylic acids is 1. The number of carboxylic acids is 1. The molecule has 0 amide bonds. The van der Waals surface area contributed by atoms with Crippen LogP contribution in [-0.2, 0) is 0 Å². The van der Waals surface area contributed by atoms with Crippen LogP contribution in [0.5, 0.6) is 0 Å². The van der Waals surface area contributed by atoms with Crippen molar-refractivity contribution >= 4 is 17.7 Å². The van der Waals surface area contributed by atoms with Gasteiger partial charge in [-0.1, -0.05) is 0 Å². The van der Waals surface area contributed by atoms with E-state index in [4.69, 9.17) is 5.11 Å². The van der Waals surface area contributed by atoms with E-state index in [0.29, 0.717) is 11.8 Å². The highest BCUT2D eigenvalue weighted by Crippen LogP contribution is 2.15. The molecule has 7 heteroatoms. The zero-order chi connectivity index (χ0) is 12.3. The summed E-state index contributed by atoms with van der Waals surface area (Å²) >= 11 is 0. The topological polar surface area (TPSA) is 90.4 Å². The SMILES string of the molecule is CNc1nc(C(=O)O)cc(N2CCNCC2)n1. The lowest BCUT2D eigenvalue weighted by Gasteiger charge is -2.28. The Morgan fingerprint density at radius 1 is 1.47 bits per heavy atom. The molecular formula is C10H15N5O2. The van der Waals surface area contributed by atoms with Gasteiger partial charge in [-0.25, -0.2) is 9.78 Å². The molecule has 0 aromatic carbocycles. The van der Waals surface area contributed by atoms with Crippen LogP contribution >= 0.6 is 0 Å². The van der Waals surface area contributed by atoms with Gasteiger partial charge in [0.05, 0.1) is 0 Å². The molecule has 0 aliphatic carbocycles. The number of carbonyl (C=O) groups is 1. The average molecular weight is 237 g/mol. The van der Waals surface area contributed by atoms with Crippen LogP contribution in [0.3, 0.4) is 0 Å². The van der Waals surface area contributed by atoms with Gasteiger partial charge in [-0.05, 0) is 0 Å². The maximum absolute atomic E-state index is 11.0. The molecule has 1 saturated heterocycles. The molecule has 1 aromatic rings. The van der Waals surface area contributed by atoms with Crippen LogP contribution in [0, 0.1) is 0 Å². The lowest BCUT2D eigenvalue weighted by atomic mass is 10.3. The van der Waals surface area contributed by atoms with Crippen LogP contribution in [0.4, 0.5) is 11.8 Å². The number of nitrogens with zero attached hydrogens (tertiary/aromatic N) is 3. The smallest absolute Gasteiger partial charge is 0.354 e. The number of hydrogen-bond donors (Lipinski definition) is 3. The van der Waals surface area contributed by atoms with Crippen molar-refractivity contribution in [2.75, 3.05) is 43.4 Å². The van der Waals surface area contributed by atoms with Crippen molar-refractivity contribution in [1.82, 2.24) is 15.3 Å². The number of piperazine rings is 1. The van der Waals surface area contributed by atoms with Crippen molar-refractivity contribution in [2.45, 2.75) is 0 Å². The Balaban J connectivity index is 2.31. The van der Waals surface area contributed by atoms with Crippen molar-refractivity contribution in [3.05, 3.63) is 11.8 Å². The normalized spacial score (nSPS) is 15.7. The zero-order valence-electron chi connectivity index (χ0n) is 9.60. The minimum atomic E-state index is -1.04. The molecule has 0 bridgehead atoms. The van der Waals surface area contributed by atoms with E-state index in [1.54, 1.807) is 7.05 Å². The van der Waals surface area contributed by atoms with Crippen LogP contribution in [0.1, 0.15) is 10.5 Å². The standard InChI is InChI=1S/C10H15N5O2/c1-11-10-13-7(9(16)17)6-8(14-10)15-4-2-12-3-5-15/h6,12H,2-5H2,1H3,(H,16,17)(H,11,13,14). The summed E-state index contributed by atoms with van der Waals surface area (Å²) in [6.07, 6.45) is 0. The van der Waals surface area contributed by atoms with Crippen LogP contribution in [0.25, 0.3) is 0 Å². The van der Waals surface area contributed by atoms with Gasteiger partial charge in [0.15, 0.2) is 5.69 Å². The highest BCUT2D eigenvalue weighted by atomic mass is 16.4. The summed E-state index contributed by atoms with van der Waals surface area (Å²) in [7, 11) is 1.67. The Labute approximate surface area is 98.9 Å². The highest BCUT2D eigenvalue weighted by Gasteiger charge is 2.16. The Hall–Kier alpha value is -1.89. The minimum absolute atomic E-state index is 0.0119. The van der Waals surface area contributed by atoms with Crippen LogP contribution in [0.15, 0.2) is 6.07 Å². The molecule has 0 unspecified atom stereocenters. The van der Waals surface area contributed by atoms with Gasteiger partial charge in [0.25, 0.3) is 0 Å². The lowest BCUT2D eigenvalue weighted by Crippen LogP contribution is -2.44. The van der Waals surface area contributed by atoms with Gasteiger partial charge in [0.2, 0.25) is 5.95 Å². The first-order chi connectivity index (χ1) is 8.20. The molecule has 7 nitrogen and oxygen atoms in total. The summed E-state index contributed by atoms with van der Waals surface area (Å²) in [6, 6.07) is 1.51. The Kier molecular flexibility index (Phi) is 3.38. The van der Waals surface area contributed by atoms with E-state index < -0.39 is 5.97 Å². The molecular weight excluding hydrogens is 222 g/mol. The highest BCUT2D eigenvalue weighted by molar-refractivity contribution is 5.86. The predicted octanol–water partition coefficient (Wildman–Crippen LogP) is -0.374. The van der Waals surface area contributed by atoms with E-state index in [9.17, 15) is 4.79 Å². The summed E-state index contributed by atoms with van der Waals surface area (Å²) in [5, 5.41) is 15.0. The molecule has 1 aromatic heterocycles. The molecule has 0 atom stereocenters. The van der Waals surface area contributed by atoms with Crippen molar-refractivity contribution in [3.63, 3.8) is 0 Å². The first-order valence-corrected chi connectivity index (χ1v) is 5.46. The first kappa shape index (κ1) is 11.6. The summed E-state index contributed by atoms with van der Waals surface area (Å²) in [5.74, 6) is -0.0537. The molecule has 0 radical (unpaired) electrons. The molecule has 2 rings (SSSR count). The number of anilines is 2. The molecule has 92 valence electrons. The largest absolute Gasteiger partial charge is 0.477 e. The lowest BCUT2D eigenvalue weighted by molar-refractivity contribution is 0.0690. The fourth-order valence-corrected chi connectivity index (χ4v) is 1.71. The summed E-state index contributed by atoms with van der Waals surface area (Å²) in [6.45, 7) is 3.39. The first-order valence-electron chi connectivity index (χ1n) is 5.46. The van der Waals surface area contributed by atoms with Gasteiger partial charge in [-0.15, -0.1) is 0 Å². The second-order valence-electron chi connectivity index (χ2n) is 3.73. The van der Waals surface area contributed by atoms with E-state index in [0.717, 1.165) is 26.2 Å². The fraction of sp³-hybridized carbons (Fsp3) is 0.500. The van der Waals surface area contributed by atoms with Crippen LogP contribution in [-0.4, -0.2) is 54.3 Å². The van der Waals surface area contributed by atoms with Crippen LogP contribution < -0.4 is 15.5 Å². The third kappa shape index (κ3) is 2.62. The van der Waals surface area contributed by atoms with E-state index in [1.807, 2.05) is 4.90 Å². The molecule has 17 heavy (non-hydrogen) atoms. The summed E-state index contributed by atoms with van der Waals surface area (Å²) in [5.41, 5.74) is 0.0119. The summed E-state index contributed by atoms with van der Waals surface area (Å²) < 4.78 is 0. The van der Waals surface area contributed by atoms with Gasteiger partial charge in [0.1, 0.15) is 5.82 Å². The van der Waals surface area contributed by atoms with Gasteiger partial charge >= 0.3 is 5.97 Å². The molecule has 2 heterocycles. The van der Waals surface area contributed by atoms with Crippen molar-refractivity contribution in [1.29, 1.82) is 0 Å². The molecule has 1 aliphatic rings. The Morgan fingerprint density at radius 2 is 2.18 bits per heavy atom. The second-order valence-corrected chi connectivity index (χ2v) is 3.73. The van der Waals surface area contributed by atoms with Gasteiger partial charge < -0.3 is 20.6 Å². The summed E-state index contributed by atoms with van der Waals surface area (Å²) in [4.78, 5) is 21.2. The number of aromatic nitrogens is 2. The predicted molar refractivity (Wildman–Crippen MR) is 63.6 cm³/mol. The minimum Gasteiger partial charge on any atom is -0.477 e. The van der Waals surface area contributed by atoms with Gasteiger partial charge in [-0.3, -0.25) is 0 Å². The molecule has 1 aliphatic heterocycles. The maximum Gasteiger partial charge on any atom is 0.354 e. The van der Waals surface area contributed by atoms with E-state index in [2.05, 4.69) is 20.6 Å². The molecule has 0 spiro atoms. The molecule has 1 fully saturated rings. The molecule has 0 saturated carbocycles. The third-order valence-electron chi connectivity index (χ3n) is 2.60. The zero-order valence-corrected chi connectivity index (χ0v) is 9.60. The Morgan fingerprint density at radius 3 is 2.76 bits per heavy atom. The van der Waals surface area contributed by atoms with E-state index in [-0.39, 0.29) is 5.69 Å². The third-order valence-corrected chi connectivity index (χ3v) is 2.60. The second kappa shape index (κ2) is 4.96. The van der Waals surface area contributed by atoms with Crippen LogP contribution in [0.2, 0.25) is 0 Å². The van der Waals surface area contributed by atoms with E-state index >= 15 is 0 Å². The van der Waals surface area contributed by atoms with E-state index in [1.165, 1.54) is 6.07 Å². The van der Waals surface area contributed by atoms with Crippen molar-refractivity contribution < 1.29 is 9.90 Å². The fourth-order valence-electron chi connectivity index (χ4n) is 1.71. The number of nitrogens with one attached hydrogen (secondary N) is 2. The van der Waals surface area contributed by atoms with Crippen molar-refractivity contribution in [2.24, 2.45) is 0 Å². The van der Waals surface area contributed by atoms with Gasteiger partial charge in [0, 0.05) is 39.3 Å². The van der Waals surface area contributed by atoms with Crippen molar-refractivity contribution in [3.8, 4) is 0 Å². The molecule has 3 N–H and O–H groups in total. The number of rotatable bonds is 3.